The molecule has 0 aromatic heterocycles. The van der Waals surface area contributed by atoms with E-state index in [0.29, 0.717) is 6.54 Å². The summed E-state index contributed by atoms with van der Waals surface area (Å²) >= 11 is 0. The van der Waals surface area contributed by atoms with Gasteiger partial charge >= 0.3 is 0 Å². The van der Waals surface area contributed by atoms with Gasteiger partial charge in [-0.2, -0.15) is 10.2 Å². The standard InChI is InChI=1S/C10H13N3O2/c14-9-7-5-11-12-8(7)10(15)13(9)6-3-1-2-4-6/h6-8H,1-5H2/t7-,8-/m1/s1. The topological polar surface area (TPSA) is 62.1 Å². The number of rotatable bonds is 1. The van der Waals surface area contributed by atoms with Gasteiger partial charge in [-0.05, 0) is 12.8 Å². The number of hydrogen-bond donors (Lipinski definition) is 0. The van der Waals surface area contributed by atoms with Crippen LogP contribution in [0.1, 0.15) is 25.7 Å². The first-order valence-electron chi connectivity index (χ1n) is 5.52. The summed E-state index contributed by atoms with van der Waals surface area (Å²) in [7, 11) is 0. The molecule has 2 aliphatic heterocycles. The van der Waals surface area contributed by atoms with Gasteiger partial charge in [0.2, 0.25) is 5.91 Å². The molecule has 80 valence electrons. The fourth-order valence-electron chi connectivity index (χ4n) is 2.79. The van der Waals surface area contributed by atoms with Gasteiger partial charge in [0.05, 0.1) is 12.5 Å². The van der Waals surface area contributed by atoms with Crippen LogP contribution in [0.5, 0.6) is 0 Å². The first kappa shape index (κ1) is 9.00. The van der Waals surface area contributed by atoms with Gasteiger partial charge in [-0.25, -0.2) is 0 Å². The summed E-state index contributed by atoms with van der Waals surface area (Å²) in [6.07, 6.45) is 4.18. The molecule has 2 amide bonds. The predicted molar refractivity (Wildman–Crippen MR) is 51.1 cm³/mol. The molecular formula is C10H13N3O2. The van der Waals surface area contributed by atoms with E-state index in [4.69, 9.17) is 0 Å². The zero-order valence-electron chi connectivity index (χ0n) is 8.43. The zero-order valence-corrected chi connectivity index (χ0v) is 8.43. The highest BCUT2D eigenvalue weighted by Crippen LogP contribution is 2.34. The Hall–Kier alpha value is -1.26. The lowest BCUT2D eigenvalue weighted by molar-refractivity contribution is -0.142. The summed E-state index contributed by atoms with van der Waals surface area (Å²) in [6, 6.07) is -0.344. The lowest BCUT2D eigenvalue weighted by atomic mass is 10.1. The number of hydrogen-bond acceptors (Lipinski definition) is 4. The third-order valence-electron chi connectivity index (χ3n) is 3.60. The molecule has 1 aliphatic carbocycles. The van der Waals surface area contributed by atoms with E-state index in [1.165, 1.54) is 4.90 Å². The monoisotopic (exact) mass is 207 g/mol. The molecule has 0 N–H and O–H groups in total. The van der Waals surface area contributed by atoms with Crippen LogP contribution in [0.2, 0.25) is 0 Å². The second-order valence-electron chi connectivity index (χ2n) is 4.48. The minimum Gasteiger partial charge on any atom is -0.277 e. The van der Waals surface area contributed by atoms with Crippen LogP contribution in [-0.2, 0) is 9.59 Å². The van der Waals surface area contributed by atoms with Crippen LogP contribution in [-0.4, -0.2) is 35.3 Å². The van der Waals surface area contributed by atoms with E-state index in [9.17, 15) is 9.59 Å². The van der Waals surface area contributed by atoms with Gasteiger partial charge in [0.15, 0.2) is 6.04 Å². The Morgan fingerprint density at radius 3 is 2.53 bits per heavy atom. The number of azo groups is 1. The Labute approximate surface area is 87.5 Å². The molecule has 5 nitrogen and oxygen atoms in total. The molecule has 0 aromatic carbocycles. The lowest BCUT2D eigenvalue weighted by Crippen LogP contribution is -2.39. The molecule has 15 heavy (non-hydrogen) atoms. The normalized spacial score (nSPS) is 35.6. The van der Waals surface area contributed by atoms with E-state index < -0.39 is 6.04 Å². The van der Waals surface area contributed by atoms with Crippen molar-refractivity contribution < 1.29 is 9.59 Å². The van der Waals surface area contributed by atoms with Crippen LogP contribution in [0.4, 0.5) is 0 Å². The average Bonchev–Trinajstić information content (AvgIpc) is 2.89. The molecule has 0 aromatic rings. The highest BCUT2D eigenvalue weighted by atomic mass is 16.2. The third-order valence-corrected chi connectivity index (χ3v) is 3.60. The quantitative estimate of drug-likeness (QED) is 0.595. The van der Waals surface area contributed by atoms with Gasteiger partial charge in [0.25, 0.3) is 5.91 Å². The molecule has 0 unspecified atom stereocenters. The van der Waals surface area contributed by atoms with Crippen molar-refractivity contribution in [1.82, 2.24) is 4.90 Å². The minimum atomic E-state index is -0.488. The Morgan fingerprint density at radius 1 is 1.13 bits per heavy atom. The Kier molecular flexibility index (Phi) is 1.87. The molecule has 3 rings (SSSR count). The molecule has 2 fully saturated rings. The molecule has 0 spiro atoms. The van der Waals surface area contributed by atoms with Crippen molar-refractivity contribution in [3.8, 4) is 0 Å². The molecule has 2 heterocycles. The predicted octanol–water partition coefficient (Wildman–Crippen LogP) is 0.748. The van der Waals surface area contributed by atoms with E-state index in [1.807, 2.05) is 0 Å². The number of likely N-dealkylation sites (tertiary alicyclic amines) is 1. The second-order valence-corrected chi connectivity index (χ2v) is 4.48. The maximum atomic E-state index is 12.0. The Balaban J connectivity index is 1.87. The number of fused-ring (bicyclic) bond motifs is 1. The fourth-order valence-corrected chi connectivity index (χ4v) is 2.79. The van der Waals surface area contributed by atoms with Gasteiger partial charge in [-0.3, -0.25) is 14.5 Å². The van der Waals surface area contributed by atoms with Crippen LogP contribution >= 0.6 is 0 Å². The van der Waals surface area contributed by atoms with E-state index in [0.717, 1.165) is 25.7 Å². The summed E-state index contributed by atoms with van der Waals surface area (Å²) in [5, 5.41) is 7.65. The van der Waals surface area contributed by atoms with E-state index >= 15 is 0 Å². The van der Waals surface area contributed by atoms with Crippen molar-refractivity contribution in [1.29, 1.82) is 0 Å². The average molecular weight is 207 g/mol. The van der Waals surface area contributed by atoms with Gasteiger partial charge in [-0.1, -0.05) is 12.8 Å². The van der Waals surface area contributed by atoms with Gasteiger partial charge < -0.3 is 0 Å². The van der Waals surface area contributed by atoms with Gasteiger partial charge in [-0.15, -0.1) is 0 Å². The van der Waals surface area contributed by atoms with Crippen LogP contribution in [0, 0.1) is 5.92 Å². The lowest BCUT2D eigenvalue weighted by Gasteiger charge is -2.21. The van der Waals surface area contributed by atoms with Crippen LogP contribution in [0.25, 0.3) is 0 Å². The molecule has 5 heteroatoms. The highest BCUT2D eigenvalue weighted by Gasteiger charge is 2.52. The number of carbonyl (C=O) groups is 2. The Bertz CT molecular complexity index is 347. The number of imide groups is 1. The van der Waals surface area contributed by atoms with E-state index in [-0.39, 0.29) is 23.8 Å². The SMILES string of the molecule is O=C1[C@@H]2CN=N[C@H]2C(=O)N1C1CCCC1. The third kappa shape index (κ3) is 1.15. The van der Waals surface area contributed by atoms with E-state index in [2.05, 4.69) is 10.2 Å². The molecule has 0 radical (unpaired) electrons. The van der Waals surface area contributed by atoms with Crippen LogP contribution in [0.15, 0.2) is 10.2 Å². The van der Waals surface area contributed by atoms with Crippen molar-refractivity contribution in [2.75, 3.05) is 6.54 Å². The van der Waals surface area contributed by atoms with Crippen molar-refractivity contribution in [2.24, 2.45) is 16.1 Å². The van der Waals surface area contributed by atoms with Crippen molar-refractivity contribution >= 4 is 11.8 Å². The molecule has 3 aliphatic rings. The molecule has 2 atom stereocenters. The summed E-state index contributed by atoms with van der Waals surface area (Å²) < 4.78 is 0. The highest BCUT2D eigenvalue weighted by molar-refractivity contribution is 6.07. The second kappa shape index (κ2) is 3.12. The molecule has 1 saturated carbocycles. The fraction of sp³-hybridized carbons (Fsp3) is 0.800. The summed E-state index contributed by atoms with van der Waals surface area (Å²) in [5.74, 6) is -0.432. The number of amides is 2. The van der Waals surface area contributed by atoms with E-state index in [1.54, 1.807) is 0 Å². The molecular weight excluding hydrogens is 194 g/mol. The molecule has 0 bridgehead atoms. The molecule has 1 saturated heterocycles. The van der Waals surface area contributed by atoms with Crippen molar-refractivity contribution in [3.63, 3.8) is 0 Å². The van der Waals surface area contributed by atoms with Crippen molar-refractivity contribution in [2.45, 2.75) is 37.8 Å². The first-order valence-corrected chi connectivity index (χ1v) is 5.52. The summed E-state index contributed by atoms with van der Waals surface area (Å²) in [5.41, 5.74) is 0. The van der Waals surface area contributed by atoms with Crippen molar-refractivity contribution in [3.05, 3.63) is 0 Å². The Morgan fingerprint density at radius 2 is 1.87 bits per heavy atom. The number of nitrogens with zero attached hydrogens (tertiary/aromatic N) is 3. The van der Waals surface area contributed by atoms with Gasteiger partial charge in [0, 0.05) is 6.04 Å². The smallest absolute Gasteiger partial charge is 0.257 e. The van der Waals surface area contributed by atoms with Gasteiger partial charge in [0.1, 0.15) is 0 Å². The maximum absolute atomic E-state index is 12.0. The largest absolute Gasteiger partial charge is 0.277 e. The van der Waals surface area contributed by atoms with Crippen LogP contribution < -0.4 is 0 Å². The maximum Gasteiger partial charge on any atom is 0.257 e. The minimum absolute atomic E-state index is 0.0399. The summed E-state index contributed by atoms with van der Waals surface area (Å²) in [6.45, 7) is 0.401. The zero-order chi connectivity index (χ0) is 10.4. The first-order chi connectivity index (χ1) is 7.29. The number of carbonyl (C=O) groups excluding carboxylic acids is 2. The summed E-state index contributed by atoms with van der Waals surface area (Å²) in [4.78, 5) is 25.4. The van der Waals surface area contributed by atoms with Crippen LogP contribution in [0.3, 0.4) is 0 Å².